The van der Waals surface area contributed by atoms with Crippen LogP contribution in [0.3, 0.4) is 0 Å². The number of aliphatic carboxylic acids is 2. The van der Waals surface area contributed by atoms with Crippen molar-refractivity contribution in [3.8, 4) is 5.75 Å². The van der Waals surface area contributed by atoms with Gasteiger partial charge in [0, 0.05) is 25.1 Å². The van der Waals surface area contributed by atoms with Crippen molar-refractivity contribution in [1.82, 2.24) is 16.0 Å². The molecule has 15 nitrogen and oxygen atoms in total. The van der Waals surface area contributed by atoms with Gasteiger partial charge in [0.05, 0.1) is 6.04 Å². The highest BCUT2D eigenvalue weighted by Crippen LogP contribution is 2.12. The minimum atomic E-state index is -1.35. The number of aromatic hydroxyl groups is 1. The zero-order valence-corrected chi connectivity index (χ0v) is 22.0. The molecule has 0 aliphatic rings. The lowest BCUT2D eigenvalue weighted by Gasteiger charge is -2.24. The van der Waals surface area contributed by atoms with Crippen LogP contribution < -0.4 is 33.2 Å². The molecule has 0 aromatic heterocycles. The Labute approximate surface area is 230 Å². The zero-order valence-electron chi connectivity index (χ0n) is 21.1. The van der Waals surface area contributed by atoms with Crippen LogP contribution >= 0.6 is 12.6 Å². The van der Waals surface area contributed by atoms with E-state index in [1.165, 1.54) is 24.3 Å². The standard InChI is InChI=1S/C23H35N7O8S/c24-14(7-8-18(32)33)19(34)30-17(11-39)21(36)28-15(2-1-9-27-23(25)26)20(35)29-16(22(37)38)10-12-3-5-13(31)6-4-12/h3-6,14-17,31,39H,1-2,7-11,24H2,(H,28,36)(H,29,35)(H,30,34)(H,32,33)(H,37,38)(H4,25,26,27). The van der Waals surface area contributed by atoms with Crippen LogP contribution in [0.5, 0.6) is 5.75 Å². The number of hydrogen-bond acceptors (Lipinski definition) is 9. The molecule has 0 spiro atoms. The maximum atomic E-state index is 13.1. The molecule has 4 atom stereocenters. The van der Waals surface area contributed by atoms with Crippen molar-refractivity contribution >= 4 is 48.2 Å². The molecule has 1 aromatic carbocycles. The number of benzene rings is 1. The molecular weight excluding hydrogens is 534 g/mol. The fourth-order valence-corrected chi connectivity index (χ4v) is 3.52. The number of carbonyl (C=O) groups is 5. The third-order valence-corrected chi connectivity index (χ3v) is 5.76. The minimum absolute atomic E-state index is 0.00751. The molecule has 4 unspecified atom stereocenters. The number of thiol groups is 1. The van der Waals surface area contributed by atoms with Crippen LogP contribution in [0, 0.1) is 0 Å². The summed E-state index contributed by atoms with van der Waals surface area (Å²) < 4.78 is 0. The summed E-state index contributed by atoms with van der Waals surface area (Å²) in [6.07, 6.45) is -0.344. The van der Waals surface area contributed by atoms with E-state index in [1.807, 2.05) is 0 Å². The van der Waals surface area contributed by atoms with E-state index in [4.69, 9.17) is 22.3 Å². The minimum Gasteiger partial charge on any atom is -0.508 e. The lowest BCUT2D eigenvalue weighted by Crippen LogP contribution is -2.57. The molecule has 0 bridgehead atoms. The number of aliphatic imine (C=N–C) groups is 1. The number of carbonyl (C=O) groups excluding carboxylic acids is 3. The molecule has 0 aliphatic carbocycles. The molecule has 16 heteroatoms. The highest BCUT2D eigenvalue weighted by Gasteiger charge is 2.30. The Morgan fingerprint density at radius 1 is 0.872 bits per heavy atom. The number of guanidine groups is 1. The number of nitrogens with one attached hydrogen (secondary N) is 3. The lowest BCUT2D eigenvalue weighted by atomic mass is 10.0. The van der Waals surface area contributed by atoms with Gasteiger partial charge in [-0.1, -0.05) is 12.1 Å². The Hall–Kier alpha value is -4.05. The Kier molecular flexibility index (Phi) is 14.1. The second-order valence-electron chi connectivity index (χ2n) is 8.56. The molecule has 12 N–H and O–H groups in total. The Balaban J connectivity index is 2.97. The van der Waals surface area contributed by atoms with Crippen molar-refractivity contribution in [3.63, 3.8) is 0 Å². The average Bonchev–Trinajstić information content (AvgIpc) is 2.87. The highest BCUT2D eigenvalue weighted by molar-refractivity contribution is 7.80. The smallest absolute Gasteiger partial charge is 0.326 e. The maximum absolute atomic E-state index is 13.1. The van der Waals surface area contributed by atoms with Crippen molar-refractivity contribution in [3.05, 3.63) is 29.8 Å². The summed E-state index contributed by atoms with van der Waals surface area (Å²) in [6.45, 7) is 0.128. The number of carboxylic acids is 2. The number of nitrogens with two attached hydrogens (primary N) is 3. The SMILES string of the molecule is NC(N)=NCCCC(NC(=O)C(CS)NC(=O)C(N)CCC(=O)O)C(=O)NC(Cc1ccc(O)cc1)C(=O)O. The van der Waals surface area contributed by atoms with Crippen molar-refractivity contribution in [2.24, 2.45) is 22.2 Å². The summed E-state index contributed by atoms with van der Waals surface area (Å²) in [5, 5.41) is 35.0. The first kappa shape index (κ1) is 33.0. The van der Waals surface area contributed by atoms with Gasteiger partial charge in [-0.05, 0) is 37.0 Å². The lowest BCUT2D eigenvalue weighted by molar-refractivity contribution is -0.142. The van der Waals surface area contributed by atoms with Crippen LogP contribution in [-0.4, -0.2) is 87.4 Å². The summed E-state index contributed by atoms with van der Waals surface area (Å²) in [6, 6.07) is 0.771. The second kappa shape index (κ2) is 16.7. The quantitative estimate of drug-likeness (QED) is 0.0410. The van der Waals surface area contributed by atoms with Crippen molar-refractivity contribution in [1.29, 1.82) is 0 Å². The molecule has 0 heterocycles. The fourth-order valence-electron chi connectivity index (χ4n) is 3.27. The van der Waals surface area contributed by atoms with Gasteiger partial charge < -0.3 is 48.5 Å². The third kappa shape index (κ3) is 12.8. The molecule has 0 aliphatic heterocycles. The largest absolute Gasteiger partial charge is 0.508 e. The Morgan fingerprint density at radius 2 is 1.44 bits per heavy atom. The van der Waals surface area contributed by atoms with Crippen LogP contribution in [-0.2, 0) is 30.4 Å². The van der Waals surface area contributed by atoms with Crippen molar-refractivity contribution in [2.75, 3.05) is 12.3 Å². The topological polar surface area (TPSA) is 273 Å². The number of nitrogens with zero attached hydrogens (tertiary/aromatic N) is 1. The third-order valence-electron chi connectivity index (χ3n) is 5.39. The molecular formula is C23H35N7O8S. The number of amides is 3. The average molecular weight is 570 g/mol. The monoisotopic (exact) mass is 569 g/mol. The van der Waals surface area contributed by atoms with E-state index in [0.29, 0.717) is 5.56 Å². The van der Waals surface area contributed by atoms with Crippen LogP contribution in [0.2, 0.25) is 0 Å². The van der Waals surface area contributed by atoms with Gasteiger partial charge in [0.2, 0.25) is 17.7 Å². The molecule has 0 saturated carbocycles. The van der Waals surface area contributed by atoms with Gasteiger partial charge in [-0.2, -0.15) is 12.6 Å². The molecule has 216 valence electrons. The van der Waals surface area contributed by atoms with E-state index >= 15 is 0 Å². The Morgan fingerprint density at radius 3 is 1.97 bits per heavy atom. The van der Waals surface area contributed by atoms with E-state index in [9.17, 15) is 34.2 Å². The van der Waals surface area contributed by atoms with Gasteiger partial charge in [-0.25, -0.2) is 4.79 Å². The van der Waals surface area contributed by atoms with E-state index in [2.05, 4.69) is 33.6 Å². The van der Waals surface area contributed by atoms with Crippen LogP contribution in [0.4, 0.5) is 0 Å². The number of phenols is 1. The first-order valence-electron chi connectivity index (χ1n) is 11.9. The van der Waals surface area contributed by atoms with Crippen LogP contribution in [0.1, 0.15) is 31.2 Å². The van der Waals surface area contributed by atoms with E-state index in [1.54, 1.807) is 0 Å². The second-order valence-corrected chi connectivity index (χ2v) is 8.93. The van der Waals surface area contributed by atoms with Crippen LogP contribution in [0.25, 0.3) is 0 Å². The fraction of sp³-hybridized carbons (Fsp3) is 0.478. The zero-order chi connectivity index (χ0) is 29.5. The predicted molar refractivity (Wildman–Crippen MR) is 144 cm³/mol. The van der Waals surface area contributed by atoms with Gasteiger partial charge in [0.15, 0.2) is 5.96 Å². The Bertz CT molecular complexity index is 1030. The van der Waals surface area contributed by atoms with E-state index in [-0.39, 0.29) is 56.1 Å². The number of hydrogen-bond donors (Lipinski definition) is 10. The molecule has 3 amide bonds. The van der Waals surface area contributed by atoms with Gasteiger partial charge >= 0.3 is 11.9 Å². The molecule has 1 aromatic rings. The van der Waals surface area contributed by atoms with Crippen molar-refractivity contribution < 1.29 is 39.3 Å². The highest BCUT2D eigenvalue weighted by atomic mass is 32.1. The van der Waals surface area contributed by atoms with Gasteiger partial charge in [0.1, 0.15) is 23.9 Å². The van der Waals surface area contributed by atoms with Gasteiger partial charge in [-0.3, -0.25) is 24.2 Å². The first-order chi connectivity index (χ1) is 18.3. The number of rotatable bonds is 17. The molecule has 0 fully saturated rings. The summed E-state index contributed by atoms with van der Waals surface area (Å²) in [5.74, 6) is -5.19. The number of carboxylic acid groups (broad SMARTS) is 2. The van der Waals surface area contributed by atoms with Gasteiger partial charge in [-0.15, -0.1) is 0 Å². The molecule has 39 heavy (non-hydrogen) atoms. The molecule has 0 radical (unpaired) electrons. The summed E-state index contributed by atoms with van der Waals surface area (Å²) in [4.78, 5) is 64.6. The molecule has 1 rings (SSSR count). The predicted octanol–water partition coefficient (Wildman–Crippen LogP) is -2.35. The normalized spacial score (nSPS) is 13.7. The summed E-state index contributed by atoms with van der Waals surface area (Å²) in [7, 11) is 0. The summed E-state index contributed by atoms with van der Waals surface area (Å²) in [5.41, 5.74) is 16.8. The first-order valence-corrected chi connectivity index (χ1v) is 12.5. The maximum Gasteiger partial charge on any atom is 0.326 e. The van der Waals surface area contributed by atoms with Gasteiger partial charge in [0.25, 0.3) is 0 Å². The number of phenolic OH excluding ortho intramolecular Hbond substituents is 1. The van der Waals surface area contributed by atoms with Crippen molar-refractivity contribution in [2.45, 2.75) is 56.3 Å². The van der Waals surface area contributed by atoms with Crippen LogP contribution in [0.15, 0.2) is 29.3 Å². The summed E-state index contributed by atoms with van der Waals surface area (Å²) >= 11 is 4.06. The van der Waals surface area contributed by atoms with E-state index < -0.39 is 53.8 Å². The van der Waals surface area contributed by atoms with E-state index in [0.717, 1.165) is 0 Å². The molecule has 0 saturated heterocycles.